The second-order valence-electron chi connectivity index (χ2n) is 7.65. The summed E-state index contributed by atoms with van der Waals surface area (Å²) in [6.07, 6.45) is -5.64. The van der Waals surface area contributed by atoms with E-state index in [2.05, 4.69) is 20.2 Å². The Labute approximate surface area is 207 Å². The summed E-state index contributed by atoms with van der Waals surface area (Å²) in [5, 5.41) is 21.9. The highest BCUT2D eigenvalue weighted by atomic mass is 32.2. The number of thiophene rings is 1. The molecule has 0 bridgehead atoms. The van der Waals surface area contributed by atoms with Crippen molar-refractivity contribution in [2.24, 2.45) is 0 Å². The zero-order chi connectivity index (χ0) is 25.9. The van der Waals surface area contributed by atoms with E-state index in [-0.39, 0.29) is 46.7 Å². The highest BCUT2D eigenvalue weighted by molar-refractivity contribution is 7.92. The minimum absolute atomic E-state index is 0.00647. The van der Waals surface area contributed by atoms with Crippen molar-refractivity contribution in [1.82, 2.24) is 15.5 Å². The normalized spacial score (nSPS) is 13.1. The predicted octanol–water partition coefficient (Wildman–Crippen LogP) is 4.29. The summed E-state index contributed by atoms with van der Waals surface area (Å²) < 4.78 is 85.3. The summed E-state index contributed by atoms with van der Waals surface area (Å²) in [4.78, 5) is 0.00647. The molecule has 36 heavy (non-hydrogen) atoms. The lowest BCUT2D eigenvalue weighted by Gasteiger charge is -2.15. The third-order valence-corrected chi connectivity index (χ3v) is 7.31. The van der Waals surface area contributed by atoms with Crippen LogP contribution in [0, 0.1) is 5.82 Å². The number of nitrogens with zero attached hydrogens (tertiary/aromatic N) is 1. The molecule has 2 aromatic heterocycles. The number of nitrogens with one attached hydrogen (secondary N) is 3. The molecule has 8 nitrogen and oxygen atoms in total. The van der Waals surface area contributed by atoms with Crippen LogP contribution in [0.4, 0.5) is 23.2 Å². The van der Waals surface area contributed by atoms with E-state index < -0.39 is 33.8 Å². The Hall–Kier alpha value is -3.20. The average Bonchev–Trinajstić information content (AvgIpc) is 3.50. The van der Waals surface area contributed by atoms with Gasteiger partial charge in [-0.1, -0.05) is 6.07 Å². The lowest BCUT2D eigenvalue weighted by atomic mass is 10.1. The number of alkyl halides is 3. The largest absolute Gasteiger partial charge is 0.492 e. The van der Waals surface area contributed by atoms with Gasteiger partial charge < -0.3 is 15.2 Å². The number of aromatic nitrogens is 2. The first-order valence-corrected chi connectivity index (χ1v) is 12.9. The molecule has 0 aliphatic heterocycles. The van der Waals surface area contributed by atoms with Gasteiger partial charge in [-0.25, -0.2) is 12.8 Å². The number of aliphatic hydroxyl groups is 1. The van der Waals surface area contributed by atoms with E-state index in [0.717, 1.165) is 6.07 Å². The van der Waals surface area contributed by atoms with Crippen molar-refractivity contribution in [3.05, 3.63) is 70.3 Å². The molecule has 0 aliphatic carbocycles. The topological polar surface area (TPSA) is 116 Å². The average molecular weight is 545 g/mol. The molecule has 0 amide bonds. The van der Waals surface area contributed by atoms with Gasteiger partial charge in [0.15, 0.2) is 5.69 Å². The van der Waals surface area contributed by atoms with E-state index in [1.54, 1.807) is 5.38 Å². The molecule has 4 N–H and O–H groups in total. The molecular weight excluding hydrogens is 524 g/mol. The third-order valence-electron chi connectivity index (χ3n) is 5.11. The fourth-order valence-corrected chi connectivity index (χ4v) is 5.43. The van der Waals surface area contributed by atoms with Crippen molar-refractivity contribution in [2.45, 2.75) is 17.2 Å². The maximum Gasteiger partial charge on any atom is 0.435 e. The van der Waals surface area contributed by atoms with E-state index in [4.69, 9.17) is 4.74 Å². The van der Waals surface area contributed by atoms with Crippen LogP contribution in [0.5, 0.6) is 5.75 Å². The molecule has 0 saturated carbocycles. The monoisotopic (exact) mass is 544 g/mol. The lowest BCUT2D eigenvalue weighted by molar-refractivity contribution is -0.139. The smallest absolute Gasteiger partial charge is 0.435 e. The fraction of sp³-hybridized carbons (Fsp3) is 0.227. The lowest BCUT2D eigenvalue weighted by Crippen LogP contribution is -2.26. The van der Waals surface area contributed by atoms with Gasteiger partial charge >= 0.3 is 6.18 Å². The summed E-state index contributed by atoms with van der Waals surface area (Å²) in [7, 11) is -3.96. The number of halogens is 4. The first-order valence-electron chi connectivity index (χ1n) is 10.5. The predicted molar refractivity (Wildman–Crippen MR) is 126 cm³/mol. The van der Waals surface area contributed by atoms with E-state index >= 15 is 0 Å². The molecule has 0 aliphatic rings. The second-order valence-corrected chi connectivity index (χ2v) is 10.1. The number of aromatic amines is 1. The van der Waals surface area contributed by atoms with Crippen LogP contribution in [0.2, 0.25) is 0 Å². The number of H-pyrrole nitrogens is 1. The van der Waals surface area contributed by atoms with E-state index in [1.165, 1.54) is 53.1 Å². The van der Waals surface area contributed by atoms with Crippen LogP contribution in [0.3, 0.4) is 0 Å². The Morgan fingerprint density at radius 1 is 1.17 bits per heavy atom. The zero-order valence-electron chi connectivity index (χ0n) is 18.3. The maximum absolute atomic E-state index is 14.2. The van der Waals surface area contributed by atoms with Gasteiger partial charge in [0.25, 0.3) is 10.0 Å². The number of hydrogen-bond acceptors (Lipinski definition) is 7. The molecule has 4 rings (SSSR count). The summed E-state index contributed by atoms with van der Waals surface area (Å²) >= 11 is 1.19. The van der Waals surface area contributed by atoms with Crippen LogP contribution >= 0.6 is 11.3 Å². The molecular formula is C22H20F4N4O4S2. The molecule has 2 heterocycles. The number of hydrogen-bond donors (Lipinski definition) is 4. The van der Waals surface area contributed by atoms with Crippen LogP contribution in [0.1, 0.15) is 17.4 Å². The Kier molecular flexibility index (Phi) is 7.49. The van der Waals surface area contributed by atoms with Crippen molar-refractivity contribution >= 4 is 38.0 Å². The highest BCUT2D eigenvalue weighted by Gasteiger charge is 2.35. The molecule has 1 atom stereocenters. The van der Waals surface area contributed by atoms with Gasteiger partial charge in [-0.15, -0.1) is 0 Å². The van der Waals surface area contributed by atoms with Gasteiger partial charge in [0.2, 0.25) is 0 Å². The van der Waals surface area contributed by atoms with Gasteiger partial charge in [-0.05, 0) is 41.3 Å². The summed E-state index contributed by atoms with van der Waals surface area (Å²) in [5.41, 5.74) is -0.810. The number of benzene rings is 2. The zero-order valence-corrected chi connectivity index (χ0v) is 20.0. The Morgan fingerprint density at radius 3 is 2.69 bits per heavy atom. The van der Waals surface area contributed by atoms with Crippen molar-refractivity contribution in [3.63, 3.8) is 0 Å². The molecule has 0 unspecified atom stereocenters. The molecule has 0 spiro atoms. The van der Waals surface area contributed by atoms with Crippen LogP contribution in [0.15, 0.2) is 58.1 Å². The van der Waals surface area contributed by atoms with E-state index in [9.17, 15) is 31.1 Å². The van der Waals surface area contributed by atoms with Gasteiger partial charge in [0.05, 0.1) is 22.2 Å². The molecule has 192 valence electrons. The van der Waals surface area contributed by atoms with Gasteiger partial charge in [0.1, 0.15) is 18.2 Å². The third kappa shape index (κ3) is 5.95. The van der Waals surface area contributed by atoms with Crippen molar-refractivity contribution in [2.75, 3.05) is 24.4 Å². The molecule has 14 heteroatoms. The van der Waals surface area contributed by atoms with E-state index in [1.807, 2.05) is 0 Å². The first-order chi connectivity index (χ1) is 17.0. The van der Waals surface area contributed by atoms with Crippen molar-refractivity contribution in [3.8, 4) is 5.75 Å². The van der Waals surface area contributed by atoms with Crippen LogP contribution in [-0.2, 0) is 16.2 Å². The number of anilines is 1. The summed E-state index contributed by atoms with van der Waals surface area (Å²) in [6.45, 7) is 0.485. The molecule has 0 fully saturated rings. The molecule has 0 radical (unpaired) electrons. The number of ether oxygens (including phenoxy) is 1. The number of sulfonamides is 1. The van der Waals surface area contributed by atoms with Gasteiger partial charge in [-0.3, -0.25) is 9.82 Å². The van der Waals surface area contributed by atoms with Gasteiger partial charge in [0, 0.05) is 29.9 Å². The molecule has 0 saturated heterocycles. The Balaban J connectivity index is 1.29. The number of rotatable bonds is 10. The fourth-order valence-electron chi connectivity index (χ4n) is 3.34. The quantitative estimate of drug-likeness (QED) is 0.175. The van der Waals surface area contributed by atoms with Crippen LogP contribution in [-0.4, -0.2) is 43.4 Å². The number of aliphatic hydroxyl groups excluding tert-OH is 1. The van der Waals surface area contributed by atoms with Crippen molar-refractivity contribution in [1.29, 1.82) is 0 Å². The summed E-state index contributed by atoms with van der Waals surface area (Å²) in [5.74, 6) is -0.453. The summed E-state index contributed by atoms with van der Waals surface area (Å²) in [6, 6.07) is 9.09. The second kappa shape index (κ2) is 10.4. The standard InChI is InChI=1S/C22H20F4N4O4S2/c23-17-4-1-13(9-19(17)30-36(32,33)15-5-8-35-12-15)20(31)11-27-6-7-34-14-2-3-16-18(10-14)28-29-21(16)22(24,25)26/h1-5,8-10,12,20,27,30-31H,6-7,11H2,(H,28,29)/t20-/m0/s1. The van der Waals surface area contributed by atoms with Gasteiger partial charge in [-0.2, -0.15) is 29.6 Å². The molecule has 4 aromatic rings. The maximum atomic E-state index is 14.2. The minimum Gasteiger partial charge on any atom is -0.492 e. The Morgan fingerprint density at radius 2 is 1.97 bits per heavy atom. The number of fused-ring (bicyclic) bond motifs is 1. The Bertz CT molecular complexity index is 1440. The minimum atomic E-state index is -4.56. The van der Waals surface area contributed by atoms with Crippen LogP contribution in [0.25, 0.3) is 10.9 Å². The first kappa shape index (κ1) is 25.9. The molecule has 2 aromatic carbocycles. The van der Waals surface area contributed by atoms with Crippen LogP contribution < -0.4 is 14.8 Å². The van der Waals surface area contributed by atoms with E-state index in [0.29, 0.717) is 5.75 Å². The van der Waals surface area contributed by atoms with Crippen molar-refractivity contribution < 1.29 is 35.8 Å². The highest BCUT2D eigenvalue weighted by Crippen LogP contribution is 2.34. The SMILES string of the molecule is O=S(=O)(Nc1cc([C@@H](O)CNCCOc2ccc3c(C(F)(F)F)n[nH]c3c2)ccc1F)c1ccsc1.